The first-order chi connectivity index (χ1) is 24.2. The number of hydrogen-bond donors (Lipinski definition) is 2. The molecule has 0 atom stereocenters. The lowest BCUT2D eigenvalue weighted by atomic mass is 9.95. The molecule has 0 aliphatic carbocycles. The number of carboxylic acids is 1. The van der Waals surface area contributed by atoms with E-state index in [1.807, 2.05) is 34.1 Å². The van der Waals surface area contributed by atoms with Crippen LogP contribution in [0, 0.1) is 11.7 Å². The van der Waals surface area contributed by atoms with E-state index in [0.29, 0.717) is 48.0 Å². The quantitative estimate of drug-likeness (QED) is 0.238. The van der Waals surface area contributed by atoms with Gasteiger partial charge in [-0.3, -0.25) is 24.3 Å². The number of likely N-dealkylation sites (tertiary alicyclic amines) is 1. The number of aromatic nitrogens is 5. The number of rotatable bonds is 9. The summed E-state index contributed by atoms with van der Waals surface area (Å²) in [6, 6.07) is 12.2. The predicted molar refractivity (Wildman–Crippen MR) is 183 cm³/mol. The Hall–Kier alpha value is -5.34. The van der Waals surface area contributed by atoms with Crippen molar-refractivity contribution in [3.63, 3.8) is 0 Å². The minimum atomic E-state index is -0.781. The Morgan fingerprint density at radius 2 is 1.66 bits per heavy atom. The second kappa shape index (κ2) is 14.3. The number of nitrogens with zero attached hydrogens (tertiary/aromatic N) is 8. The molecule has 2 aromatic carbocycles. The van der Waals surface area contributed by atoms with Crippen LogP contribution in [0.15, 0.2) is 61.1 Å². The fraction of sp³-hybridized carbons (Fsp3) is 0.361. The lowest BCUT2D eigenvalue weighted by molar-refractivity contribution is -0.138. The van der Waals surface area contributed by atoms with E-state index in [4.69, 9.17) is 5.11 Å². The van der Waals surface area contributed by atoms with Crippen molar-refractivity contribution in [3.05, 3.63) is 89.3 Å². The van der Waals surface area contributed by atoms with E-state index in [9.17, 15) is 18.8 Å². The molecule has 7 rings (SSSR count). The number of fused-ring (bicyclic) bond motifs is 2. The van der Waals surface area contributed by atoms with Crippen molar-refractivity contribution in [1.82, 2.24) is 44.6 Å². The average Bonchev–Trinajstić information content (AvgIpc) is 3.53. The van der Waals surface area contributed by atoms with Crippen LogP contribution in [0.1, 0.15) is 44.8 Å². The van der Waals surface area contributed by atoms with E-state index < -0.39 is 17.7 Å². The van der Waals surface area contributed by atoms with Gasteiger partial charge in [-0.2, -0.15) is 5.10 Å². The van der Waals surface area contributed by atoms with E-state index in [1.165, 1.54) is 25.4 Å². The number of carbonyl (C=O) groups is 3. The second-order valence-electron chi connectivity index (χ2n) is 13.0. The number of amides is 2. The summed E-state index contributed by atoms with van der Waals surface area (Å²) in [4.78, 5) is 56.2. The summed E-state index contributed by atoms with van der Waals surface area (Å²) in [5.41, 5.74) is 3.97. The molecule has 3 aromatic heterocycles. The van der Waals surface area contributed by atoms with E-state index >= 15 is 0 Å². The van der Waals surface area contributed by atoms with Crippen molar-refractivity contribution < 1.29 is 23.9 Å². The minimum absolute atomic E-state index is 0.0186. The molecule has 2 aliphatic heterocycles. The highest BCUT2D eigenvalue weighted by Crippen LogP contribution is 2.24. The molecule has 0 bridgehead atoms. The molecule has 5 aromatic rings. The highest BCUT2D eigenvalue weighted by molar-refractivity contribution is 5.97. The number of hydrogen-bond acceptors (Lipinski definition) is 9. The van der Waals surface area contributed by atoms with Gasteiger partial charge in [-0.05, 0) is 54.7 Å². The number of aliphatic carboxylic acids is 1. The fourth-order valence-electron chi connectivity index (χ4n) is 6.87. The zero-order valence-electron chi connectivity index (χ0n) is 27.8. The van der Waals surface area contributed by atoms with Crippen LogP contribution in [0.25, 0.3) is 27.9 Å². The van der Waals surface area contributed by atoms with Crippen LogP contribution in [0.3, 0.4) is 0 Å². The van der Waals surface area contributed by atoms with Crippen LogP contribution in [-0.2, 0) is 11.2 Å². The molecular formula is C36H38FN9O4. The molecule has 5 heterocycles. The van der Waals surface area contributed by atoms with Gasteiger partial charge >= 0.3 is 5.97 Å². The van der Waals surface area contributed by atoms with Crippen LogP contribution in [-0.4, -0.2) is 122 Å². The summed E-state index contributed by atoms with van der Waals surface area (Å²) >= 11 is 0. The van der Waals surface area contributed by atoms with Crippen molar-refractivity contribution in [1.29, 1.82) is 0 Å². The standard InChI is InChI=1S/C36H38FN9O4/c1-38-34(49)29-4-3-25(17-30(29)37)32-20-41-36-40-19-28(46(36)42-32)15-24-2-5-31-26(14-24)16-27(18-39-31)35(50)45-8-6-23(7-9-45)21-43-10-12-44(13-11-43)22-33(47)48/h2-5,14,16-20,23H,6-13,15,21-22H2,1H3,(H,38,49)(H,47,48). The van der Waals surface area contributed by atoms with E-state index in [0.717, 1.165) is 67.7 Å². The molecule has 0 unspecified atom stereocenters. The second-order valence-corrected chi connectivity index (χ2v) is 13.0. The van der Waals surface area contributed by atoms with Crippen molar-refractivity contribution in [3.8, 4) is 11.3 Å². The monoisotopic (exact) mass is 679 g/mol. The van der Waals surface area contributed by atoms with Crippen molar-refractivity contribution in [2.45, 2.75) is 19.3 Å². The largest absolute Gasteiger partial charge is 0.480 e. The molecule has 2 N–H and O–H groups in total. The molecule has 13 nitrogen and oxygen atoms in total. The number of piperazine rings is 1. The molecule has 0 radical (unpaired) electrons. The number of piperidine rings is 1. The van der Waals surface area contributed by atoms with Gasteiger partial charge in [-0.25, -0.2) is 18.9 Å². The normalized spacial score (nSPS) is 16.2. The van der Waals surface area contributed by atoms with Gasteiger partial charge in [0.1, 0.15) is 11.5 Å². The number of imidazole rings is 1. The Morgan fingerprint density at radius 1 is 0.900 bits per heavy atom. The van der Waals surface area contributed by atoms with Crippen LogP contribution in [0.4, 0.5) is 4.39 Å². The predicted octanol–water partition coefficient (Wildman–Crippen LogP) is 2.98. The molecule has 2 saturated heterocycles. The highest BCUT2D eigenvalue weighted by atomic mass is 19.1. The maximum atomic E-state index is 14.7. The summed E-state index contributed by atoms with van der Waals surface area (Å²) in [6.07, 6.45) is 7.24. The summed E-state index contributed by atoms with van der Waals surface area (Å²) in [7, 11) is 1.45. The zero-order chi connectivity index (χ0) is 34.8. The number of halogens is 1. The zero-order valence-corrected chi connectivity index (χ0v) is 27.8. The number of benzene rings is 2. The van der Waals surface area contributed by atoms with Crippen LogP contribution in [0.2, 0.25) is 0 Å². The van der Waals surface area contributed by atoms with Gasteiger partial charge in [-0.1, -0.05) is 12.1 Å². The molecule has 2 fully saturated rings. The van der Waals surface area contributed by atoms with Gasteiger partial charge in [-0.15, -0.1) is 0 Å². The number of pyridine rings is 1. The third kappa shape index (κ3) is 7.16. The van der Waals surface area contributed by atoms with Gasteiger partial charge in [0.05, 0.1) is 41.3 Å². The molecule has 258 valence electrons. The molecule has 0 saturated carbocycles. The molecule has 14 heteroatoms. The van der Waals surface area contributed by atoms with E-state index in [-0.39, 0.29) is 18.0 Å². The first kappa shape index (κ1) is 33.2. The summed E-state index contributed by atoms with van der Waals surface area (Å²) in [5, 5.41) is 17.0. The maximum absolute atomic E-state index is 14.7. The van der Waals surface area contributed by atoms with E-state index in [2.05, 4.69) is 30.3 Å². The molecule has 2 amide bonds. The summed E-state index contributed by atoms with van der Waals surface area (Å²) < 4.78 is 16.3. The third-order valence-corrected chi connectivity index (χ3v) is 9.66. The van der Waals surface area contributed by atoms with Gasteiger partial charge in [0.2, 0.25) is 0 Å². The SMILES string of the molecule is CNC(=O)c1ccc(-c2cnc3ncc(Cc4ccc5ncc(C(=O)N6CCC(CN7CCN(CC(=O)O)CC7)CC6)cc5c4)n3n2)cc1F. The molecule has 0 spiro atoms. The maximum Gasteiger partial charge on any atom is 0.317 e. The van der Waals surface area contributed by atoms with Crippen LogP contribution in [0.5, 0.6) is 0 Å². The Kier molecular flexibility index (Phi) is 9.46. The van der Waals surface area contributed by atoms with Crippen molar-refractivity contribution >= 4 is 34.5 Å². The first-order valence-corrected chi connectivity index (χ1v) is 16.8. The smallest absolute Gasteiger partial charge is 0.317 e. The van der Waals surface area contributed by atoms with Gasteiger partial charge < -0.3 is 20.2 Å². The Morgan fingerprint density at radius 3 is 2.40 bits per heavy atom. The topological polar surface area (TPSA) is 149 Å². The van der Waals surface area contributed by atoms with E-state index in [1.54, 1.807) is 23.0 Å². The number of nitrogens with one attached hydrogen (secondary N) is 1. The van der Waals surface area contributed by atoms with Gasteiger partial charge in [0.25, 0.3) is 17.6 Å². The first-order valence-electron chi connectivity index (χ1n) is 16.8. The van der Waals surface area contributed by atoms with Gasteiger partial charge in [0, 0.05) is 76.4 Å². The highest BCUT2D eigenvalue weighted by Gasteiger charge is 2.27. The summed E-state index contributed by atoms with van der Waals surface area (Å²) in [6.45, 7) is 5.77. The average molecular weight is 680 g/mol. The molecule has 50 heavy (non-hydrogen) atoms. The van der Waals surface area contributed by atoms with Crippen LogP contribution < -0.4 is 5.32 Å². The third-order valence-electron chi connectivity index (χ3n) is 9.66. The Bertz CT molecular complexity index is 2070. The molecular weight excluding hydrogens is 641 g/mol. The minimum Gasteiger partial charge on any atom is -0.480 e. The number of carbonyl (C=O) groups excluding carboxylic acids is 2. The van der Waals surface area contributed by atoms with Crippen LogP contribution >= 0.6 is 0 Å². The number of carboxylic acid groups (broad SMARTS) is 1. The lowest BCUT2D eigenvalue weighted by Gasteiger charge is -2.38. The lowest BCUT2D eigenvalue weighted by Crippen LogP contribution is -2.50. The Labute approximate surface area is 287 Å². The summed E-state index contributed by atoms with van der Waals surface area (Å²) in [5.74, 6) is -1.04. The van der Waals surface area contributed by atoms with Crippen molar-refractivity contribution in [2.24, 2.45) is 5.92 Å². The van der Waals surface area contributed by atoms with Crippen molar-refractivity contribution in [2.75, 3.05) is 59.4 Å². The van der Waals surface area contributed by atoms with Gasteiger partial charge in [0.15, 0.2) is 0 Å². The molecule has 2 aliphatic rings. The Balaban J connectivity index is 1.00. The fourth-order valence-corrected chi connectivity index (χ4v) is 6.87.